The molecule has 0 unspecified atom stereocenters. The number of carbonyl (C=O) groups is 1. The van der Waals surface area contributed by atoms with Gasteiger partial charge in [0.25, 0.3) is 0 Å². The Kier molecular flexibility index (Phi) is 6.07. The molecule has 2 aromatic carbocycles. The van der Waals surface area contributed by atoms with Crippen LogP contribution in [-0.2, 0) is 11.4 Å². The van der Waals surface area contributed by atoms with Gasteiger partial charge in [-0.3, -0.25) is 0 Å². The quantitative estimate of drug-likeness (QED) is 0.712. The maximum Gasteiger partial charge on any atom is 0.328 e. The van der Waals surface area contributed by atoms with Gasteiger partial charge >= 0.3 is 5.97 Å². The van der Waals surface area contributed by atoms with Gasteiger partial charge in [0.15, 0.2) is 11.5 Å². The largest absolute Gasteiger partial charge is 0.493 e. The van der Waals surface area contributed by atoms with Gasteiger partial charge in [0.2, 0.25) is 0 Å². The molecule has 2 rings (SSSR count). The predicted octanol–water partition coefficient (Wildman–Crippen LogP) is 4.79. The van der Waals surface area contributed by atoms with Crippen LogP contribution in [0.25, 0.3) is 6.08 Å². The highest BCUT2D eigenvalue weighted by atomic mass is 79.9. The lowest BCUT2D eigenvalue weighted by Gasteiger charge is -2.13. The van der Waals surface area contributed by atoms with Crippen molar-refractivity contribution in [1.82, 2.24) is 0 Å². The highest BCUT2D eigenvalue weighted by Crippen LogP contribution is 2.37. The normalized spacial score (nSPS) is 10.7. The number of aliphatic carboxylic acids is 1. The first-order valence-electron chi connectivity index (χ1n) is 6.65. The molecule has 0 aliphatic heterocycles. The van der Waals surface area contributed by atoms with E-state index in [1.807, 2.05) is 12.1 Å². The van der Waals surface area contributed by atoms with E-state index in [1.54, 1.807) is 24.3 Å². The molecule has 0 saturated carbocycles. The molecule has 0 spiro atoms. The molecule has 4 nitrogen and oxygen atoms in total. The SMILES string of the molecule is COc1cc(/C=C/C(=O)O)cc(Br)c1OCc1ccc(Cl)cc1. The Morgan fingerprint density at radius 2 is 2.00 bits per heavy atom. The Bertz CT molecular complexity index is 726. The van der Waals surface area contributed by atoms with Crippen molar-refractivity contribution >= 4 is 39.6 Å². The van der Waals surface area contributed by atoms with E-state index < -0.39 is 5.97 Å². The minimum atomic E-state index is -1.01. The maximum absolute atomic E-state index is 10.6. The lowest BCUT2D eigenvalue weighted by Crippen LogP contribution is -1.99. The van der Waals surface area contributed by atoms with E-state index in [4.69, 9.17) is 26.2 Å². The lowest BCUT2D eigenvalue weighted by molar-refractivity contribution is -0.131. The number of halogens is 2. The fourth-order valence-electron chi connectivity index (χ4n) is 1.88. The molecule has 6 heteroatoms. The molecule has 0 amide bonds. The third-order valence-corrected chi connectivity index (χ3v) is 3.81. The van der Waals surface area contributed by atoms with Crippen LogP contribution in [0.1, 0.15) is 11.1 Å². The van der Waals surface area contributed by atoms with E-state index in [2.05, 4.69) is 15.9 Å². The summed E-state index contributed by atoms with van der Waals surface area (Å²) in [6.07, 6.45) is 2.55. The van der Waals surface area contributed by atoms with E-state index in [-0.39, 0.29) is 0 Å². The van der Waals surface area contributed by atoms with Crippen molar-refractivity contribution in [2.24, 2.45) is 0 Å². The van der Waals surface area contributed by atoms with Gasteiger partial charge in [0, 0.05) is 11.1 Å². The van der Waals surface area contributed by atoms with Gasteiger partial charge in [-0.05, 0) is 57.4 Å². The number of ether oxygens (including phenoxy) is 2. The van der Waals surface area contributed by atoms with Gasteiger partial charge in [0.05, 0.1) is 11.6 Å². The molecular weight excluding hydrogens is 384 g/mol. The van der Waals surface area contributed by atoms with E-state index in [9.17, 15) is 4.79 Å². The zero-order chi connectivity index (χ0) is 16.8. The molecule has 0 atom stereocenters. The van der Waals surface area contributed by atoms with Crippen LogP contribution in [0.15, 0.2) is 46.9 Å². The molecule has 0 bridgehead atoms. The van der Waals surface area contributed by atoms with Crippen molar-refractivity contribution in [1.29, 1.82) is 0 Å². The summed E-state index contributed by atoms with van der Waals surface area (Å²) in [6, 6.07) is 10.8. The Morgan fingerprint density at radius 3 is 2.61 bits per heavy atom. The smallest absolute Gasteiger partial charge is 0.328 e. The molecule has 1 N–H and O–H groups in total. The van der Waals surface area contributed by atoms with Gasteiger partial charge in [0.1, 0.15) is 6.61 Å². The van der Waals surface area contributed by atoms with Gasteiger partial charge < -0.3 is 14.6 Å². The minimum Gasteiger partial charge on any atom is -0.493 e. The van der Waals surface area contributed by atoms with Crippen LogP contribution in [0.2, 0.25) is 5.02 Å². The second-order valence-electron chi connectivity index (χ2n) is 4.62. The Labute approximate surface area is 147 Å². The summed E-state index contributed by atoms with van der Waals surface area (Å²) in [5.74, 6) is 0.0523. The third-order valence-electron chi connectivity index (χ3n) is 2.97. The summed E-state index contributed by atoms with van der Waals surface area (Å²) in [5.41, 5.74) is 1.66. The van der Waals surface area contributed by atoms with Crippen LogP contribution in [-0.4, -0.2) is 18.2 Å². The van der Waals surface area contributed by atoms with Crippen LogP contribution >= 0.6 is 27.5 Å². The molecule has 0 aliphatic rings. The van der Waals surface area contributed by atoms with Crippen molar-refractivity contribution in [3.63, 3.8) is 0 Å². The minimum absolute atomic E-state index is 0.358. The van der Waals surface area contributed by atoms with Crippen molar-refractivity contribution in [3.8, 4) is 11.5 Å². The van der Waals surface area contributed by atoms with E-state index in [1.165, 1.54) is 13.2 Å². The molecule has 120 valence electrons. The summed E-state index contributed by atoms with van der Waals surface area (Å²) in [4.78, 5) is 10.6. The van der Waals surface area contributed by atoms with Crippen molar-refractivity contribution in [3.05, 3.63) is 63.1 Å². The third kappa shape index (κ3) is 5.01. The highest BCUT2D eigenvalue weighted by Gasteiger charge is 2.11. The zero-order valence-corrected chi connectivity index (χ0v) is 14.6. The number of benzene rings is 2. The average molecular weight is 398 g/mol. The second-order valence-corrected chi connectivity index (χ2v) is 5.91. The van der Waals surface area contributed by atoms with E-state index in [0.29, 0.717) is 33.2 Å². The zero-order valence-electron chi connectivity index (χ0n) is 12.3. The van der Waals surface area contributed by atoms with Crippen molar-refractivity contribution in [2.45, 2.75) is 6.61 Å². The number of methoxy groups -OCH3 is 1. The predicted molar refractivity (Wildman–Crippen MR) is 93.1 cm³/mol. The molecule has 0 radical (unpaired) electrons. The van der Waals surface area contributed by atoms with Crippen LogP contribution in [0, 0.1) is 0 Å². The van der Waals surface area contributed by atoms with Crippen molar-refractivity contribution < 1.29 is 19.4 Å². The molecular formula is C17H14BrClO4. The Morgan fingerprint density at radius 1 is 1.30 bits per heavy atom. The van der Waals surface area contributed by atoms with Crippen LogP contribution in [0.5, 0.6) is 11.5 Å². The van der Waals surface area contributed by atoms with Crippen molar-refractivity contribution in [2.75, 3.05) is 7.11 Å². The first-order valence-corrected chi connectivity index (χ1v) is 7.82. The molecule has 0 aliphatic carbocycles. The number of rotatable bonds is 6. The number of carboxylic acid groups (broad SMARTS) is 1. The summed E-state index contributed by atoms with van der Waals surface area (Å²) in [5, 5.41) is 9.36. The van der Waals surface area contributed by atoms with Crippen LogP contribution in [0.3, 0.4) is 0 Å². The second kappa shape index (κ2) is 8.04. The first kappa shape index (κ1) is 17.4. The van der Waals surface area contributed by atoms with E-state index >= 15 is 0 Å². The number of carboxylic acids is 1. The molecule has 0 fully saturated rings. The highest BCUT2D eigenvalue weighted by molar-refractivity contribution is 9.10. The fourth-order valence-corrected chi connectivity index (χ4v) is 2.58. The Balaban J connectivity index is 2.20. The molecule has 0 saturated heterocycles. The van der Waals surface area contributed by atoms with E-state index in [0.717, 1.165) is 11.6 Å². The topological polar surface area (TPSA) is 55.8 Å². The molecule has 2 aromatic rings. The van der Waals surface area contributed by atoms with Gasteiger partial charge in [-0.1, -0.05) is 23.7 Å². The average Bonchev–Trinajstić information content (AvgIpc) is 2.53. The summed E-state index contributed by atoms with van der Waals surface area (Å²) >= 11 is 9.28. The first-order chi connectivity index (χ1) is 11.0. The maximum atomic E-state index is 10.6. The summed E-state index contributed by atoms with van der Waals surface area (Å²) in [6.45, 7) is 0.358. The number of hydrogen-bond acceptors (Lipinski definition) is 3. The van der Waals surface area contributed by atoms with Gasteiger partial charge in [-0.15, -0.1) is 0 Å². The van der Waals surface area contributed by atoms with Crippen LogP contribution in [0.4, 0.5) is 0 Å². The van der Waals surface area contributed by atoms with Gasteiger partial charge in [-0.25, -0.2) is 4.79 Å². The monoisotopic (exact) mass is 396 g/mol. The molecule has 23 heavy (non-hydrogen) atoms. The van der Waals surface area contributed by atoms with Gasteiger partial charge in [-0.2, -0.15) is 0 Å². The summed E-state index contributed by atoms with van der Waals surface area (Å²) < 4.78 is 11.8. The summed E-state index contributed by atoms with van der Waals surface area (Å²) in [7, 11) is 1.53. The van der Waals surface area contributed by atoms with Crippen LogP contribution < -0.4 is 9.47 Å². The molecule has 0 heterocycles. The number of hydrogen-bond donors (Lipinski definition) is 1. The standard InChI is InChI=1S/C17H14BrClO4/c1-22-15-9-12(4-7-16(20)21)8-14(18)17(15)23-10-11-2-5-13(19)6-3-11/h2-9H,10H2,1H3,(H,20,21)/b7-4+. The lowest BCUT2D eigenvalue weighted by atomic mass is 10.2. The fraction of sp³-hybridized carbons (Fsp3) is 0.118. The Hall–Kier alpha value is -1.98. The molecule has 0 aromatic heterocycles.